The first-order valence-corrected chi connectivity index (χ1v) is 9.07. The molecule has 0 unspecified atom stereocenters. The topological polar surface area (TPSA) is 59.3 Å². The summed E-state index contributed by atoms with van der Waals surface area (Å²) in [7, 11) is -3.88. The molecule has 0 spiro atoms. The SMILES string of the molecule is C[C@H](NS(=O)(=O)c1c(Cl)cccc1Cl)c1cc2ccccc2o1. The predicted molar refractivity (Wildman–Crippen MR) is 91.4 cm³/mol. The molecule has 0 saturated carbocycles. The second kappa shape index (κ2) is 6.17. The largest absolute Gasteiger partial charge is 0.459 e. The van der Waals surface area contributed by atoms with E-state index in [1.807, 2.05) is 24.3 Å². The van der Waals surface area contributed by atoms with Crippen LogP contribution in [0.2, 0.25) is 10.0 Å². The van der Waals surface area contributed by atoms with E-state index in [9.17, 15) is 8.42 Å². The minimum absolute atomic E-state index is 0.0711. The summed E-state index contributed by atoms with van der Waals surface area (Å²) in [5, 5.41) is 1.05. The Morgan fingerprint density at radius 1 is 1.04 bits per heavy atom. The molecule has 4 nitrogen and oxygen atoms in total. The molecule has 1 aromatic heterocycles. The Morgan fingerprint density at radius 3 is 2.35 bits per heavy atom. The molecule has 0 aliphatic rings. The Hall–Kier alpha value is -1.53. The predicted octanol–water partition coefficient (Wildman–Crippen LogP) is 4.78. The van der Waals surface area contributed by atoms with Crippen LogP contribution in [0.4, 0.5) is 0 Å². The third kappa shape index (κ3) is 3.23. The van der Waals surface area contributed by atoms with Gasteiger partial charge in [0.1, 0.15) is 16.2 Å². The van der Waals surface area contributed by atoms with E-state index in [1.54, 1.807) is 19.1 Å². The zero-order valence-electron chi connectivity index (χ0n) is 12.1. The van der Waals surface area contributed by atoms with E-state index in [0.29, 0.717) is 11.3 Å². The van der Waals surface area contributed by atoms with Gasteiger partial charge in [0.25, 0.3) is 0 Å². The molecule has 3 rings (SSSR count). The van der Waals surface area contributed by atoms with Crippen molar-refractivity contribution < 1.29 is 12.8 Å². The molecule has 0 bridgehead atoms. The second-order valence-corrected chi connectivity index (χ2v) is 7.55. The number of furan rings is 1. The van der Waals surface area contributed by atoms with Crippen molar-refractivity contribution in [1.29, 1.82) is 0 Å². The van der Waals surface area contributed by atoms with Gasteiger partial charge in [-0.15, -0.1) is 0 Å². The number of halogens is 2. The Labute approximate surface area is 144 Å². The number of nitrogens with one attached hydrogen (secondary N) is 1. The Balaban J connectivity index is 1.93. The van der Waals surface area contributed by atoms with Crippen molar-refractivity contribution in [2.75, 3.05) is 0 Å². The molecule has 7 heteroatoms. The van der Waals surface area contributed by atoms with Gasteiger partial charge in [-0.1, -0.05) is 47.5 Å². The van der Waals surface area contributed by atoms with Crippen LogP contribution in [-0.4, -0.2) is 8.42 Å². The highest BCUT2D eigenvalue weighted by molar-refractivity contribution is 7.89. The van der Waals surface area contributed by atoms with Crippen LogP contribution >= 0.6 is 23.2 Å². The number of rotatable bonds is 4. The van der Waals surface area contributed by atoms with Crippen LogP contribution in [0.1, 0.15) is 18.7 Å². The molecule has 0 amide bonds. The summed E-state index contributed by atoms with van der Waals surface area (Å²) in [6.45, 7) is 1.69. The quantitative estimate of drug-likeness (QED) is 0.719. The van der Waals surface area contributed by atoms with E-state index in [4.69, 9.17) is 27.6 Å². The van der Waals surface area contributed by atoms with E-state index >= 15 is 0 Å². The lowest BCUT2D eigenvalue weighted by molar-refractivity contribution is 0.484. The molecule has 0 fully saturated rings. The molecular formula is C16H13Cl2NO3S. The molecule has 0 radical (unpaired) electrons. The fourth-order valence-corrected chi connectivity index (χ4v) is 4.66. The molecule has 0 aliphatic heterocycles. The maximum Gasteiger partial charge on any atom is 0.244 e. The summed E-state index contributed by atoms with van der Waals surface area (Å²) in [5.74, 6) is 0.512. The molecular weight excluding hydrogens is 357 g/mol. The number of fused-ring (bicyclic) bond motifs is 1. The van der Waals surface area contributed by atoms with E-state index in [-0.39, 0.29) is 14.9 Å². The lowest BCUT2D eigenvalue weighted by Gasteiger charge is -2.14. The maximum atomic E-state index is 12.6. The van der Waals surface area contributed by atoms with Gasteiger partial charge in [0.15, 0.2) is 0 Å². The average molecular weight is 370 g/mol. The van der Waals surface area contributed by atoms with Crippen molar-refractivity contribution in [2.24, 2.45) is 0 Å². The number of para-hydroxylation sites is 1. The van der Waals surface area contributed by atoms with Gasteiger partial charge < -0.3 is 4.42 Å². The van der Waals surface area contributed by atoms with Gasteiger partial charge in [0.05, 0.1) is 16.1 Å². The molecule has 2 aromatic carbocycles. The fourth-order valence-electron chi connectivity index (χ4n) is 2.30. The number of hydrogen-bond acceptors (Lipinski definition) is 3. The summed E-state index contributed by atoms with van der Waals surface area (Å²) in [4.78, 5) is -0.133. The first kappa shape index (κ1) is 16.3. The molecule has 1 atom stereocenters. The summed E-state index contributed by atoms with van der Waals surface area (Å²) >= 11 is 12.0. The smallest absolute Gasteiger partial charge is 0.244 e. The molecule has 120 valence electrons. The number of benzene rings is 2. The molecule has 1 N–H and O–H groups in total. The van der Waals surface area contributed by atoms with Crippen LogP contribution < -0.4 is 4.72 Å². The molecule has 1 heterocycles. The van der Waals surface area contributed by atoms with Crippen LogP contribution in [0.5, 0.6) is 0 Å². The van der Waals surface area contributed by atoms with Crippen LogP contribution in [0.3, 0.4) is 0 Å². The summed E-state index contributed by atoms with van der Waals surface area (Å²) in [6, 6.07) is 13.2. The van der Waals surface area contributed by atoms with E-state index in [1.165, 1.54) is 12.1 Å². The van der Waals surface area contributed by atoms with Crippen molar-refractivity contribution in [3.63, 3.8) is 0 Å². The van der Waals surface area contributed by atoms with Gasteiger partial charge in [-0.3, -0.25) is 0 Å². The third-order valence-electron chi connectivity index (χ3n) is 3.39. The normalized spacial score (nSPS) is 13.3. The van der Waals surface area contributed by atoms with Crippen molar-refractivity contribution in [3.8, 4) is 0 Å². The average Bonchev–Trinajstić information content (AvgIpc) is 2.90. The molecule has 0 saturated heterocycles. The van der Waals surface area contributed by atoms with E-state index in [0.717, 1.165) is 5.39 Å². The first-order chi connectivity index (χ1) is 10.9. The Kier molecular flexibility index (Phi) is 4.38. The van der Waals surface area contributed by atoms with Gasteiger partial charge in [-0.25, -0.2) is 13.1 Å². The Bertz CT molecular complexity index is 913. The lowest BCUT2D eigenvalue weighted by atomic mass is 10.2. The maximum absolute atomic E-state index is 12.6. The van der Waals surface area contributed by atoms with Gasteiger partial charge in [-0.05, 0) is 31.2 Å². The van der Waals surface area contributed by atoms with Crippen molar-refractivity contribution in [2.45, 2.75) is 17.9 Å². The fraction of sp³-hybridized carbons (Fsp3) is 0.125. The summed E-state index contributed by atoms with van der Waals surface area (Å²) in [5.41, 5.74) is 0.698. The van der Waals surface area contributed by atoms with Crippen LogP contribution in [0.15, 0.2) is 57.8 Å². The molecule has 0 aliphatic carbocycles. The number of hydrogen-bond donors (Lipinski definition) is 1. The zero-order chi connectivity index (χ0) is 16.6. The Morgan fingerprint density at radius 2 is 1.70 bits per heavy atom. The minimum Gasteiger partial charge on any atom is -0.459 e. The van der Waals surface area contributed by atoms with Gasteiger partial charge in [0.2, 0.25) is 10.0 Å². The number of sulfonamides is 1. The second-order valence-electron chi connectivity index (χ2n) is 5.08. The minimum atomic E-state index is -3.88. The van der Waals surface area contributed by atoms with Crippen molar-refractivity contribution in [3.05, 3.63) is 64.3 Å². The lowest BCUT2D eigenvalue weighted by Crippen LogP contribution is -2.27. The monoisotopic (exact) mass is 369 g/mol. The van der Waals surface area contributed by atoms with Gasteiger partial charge in [0, 0.05) is 5.39 Å². The van der Waals surface area contributed by atoms with Gasteiger partial charge in [-0.2, -0.15) is 0 Å². The van der Waals surface area contributed by atoms with Crippen molar-refractivity contribution in [1.82, 2.24) is 4.72 Å². The van der Waals surface area contributed by atoms with Crippen LogP contribution in [0.25, 0.3) is 11.0 Å². The van der Waals surface area contributed by atoms with Crippen molar-refractivity contribution >= 4 is 44.2 Å². The highest BCUT2D eigenvalue weighted by Gasteiger charge is 2.25. The van der Waals surface area contributed by atoms with Gasteiger partial charge >= 0.3 is 0 Å². The molecule has 3 aromatic rings. The van der Waals surface area contributed by atoms with E-state index < -0.39 is 16.1 Å². The zero-order valence-corrected chi connectivity index (χ0v) is 14.4. The van der Waals surface area contributed by atoms with Crippen LogP contribution in [0, 0.1) is 0 Å². The highest BCUT2D eigenvalue weighted by Crippen LogP contribution is 2.31. The highest BCUT2D eigenvalue weighted by atomic mass is 35.5. The van der Waals surface area contributed by atoms with Crippen LogP contribution in [-0.2, 0) is 10.0 Å². The standard InChI is InChI=1S/C16H13Cl2NO3S/c1-10(15-9-11-5-2-3-8-14(11)22-15)19-23(20,21)16-12(17)6-4-7-13(16)18/h2-10,19H,1H3/t10-/m0/s1. The van der Waals surface area contributed by atoms with E-state index in [2.05, 4.69) is 4.72 Å². The summed E-state index contributed by atoms with van der Waals surface area (Å²) in [6.07, 6.45) is 0. The summed E-state index contributed by atoms with van der Waals surface area (Å²) < 4.78 is 33.3. The molecule has 23 heavy (non-hydrogen) atoms. The first-order valence-electron chi connectivity index (χ1n) is 6.83. The third-order valence-corrected chi connectivity index (χ3v) is 5.89.